The van der Waals surface area contributed by atoms with Crippen molar-refractivity contribution in [2.75, 3.05) is 11.9 Å². The van der Waals surface area contributed by atoms with Gasteiger partial charge in [0.05, 0.1) is 10.6 Å². The number of hydrogen-bond acceptors (Lipinski definition) is 3. The van der Waals surface area contributed by atoms with Gasteiger partial charge in [0.1, 0.15) is 5.82 Å². The molecule has 2 aliphatic carbocycles. The maximum absolute atomic E-state index is 12.3. The summed E-state index contributed by atoms with van der Waals surface area (Å²) in [5, 5.41) is 6.70. The Bertz CT molecular complexity index is 520. The molecule has 2 N–H and O–H groups in total. The van der Waals surface area contributed by atoms with Crippen molar-refractivity contribution in [3.05, 3.63) is 22.8 Å². The minimum absolute atomic E-state index is 0.0556. The first-order valence-corrected chi connectivity index (χ1v) is 7.75. The molecule has 0 saturated heterocycles. The van der Waals surface area contributed by atoms with E-state index in [1.165, 1.54) is 19.3 Å². The van der Waals surface area contributed by atoms with E-state index in [0.29, 0.717) is 28.4 Å². The van der Waals surface area contributed by atoms with Gasteiger partial charge in [0.2, 0.25) is 0 Å². The van der Waals surface area contributed by atoms with Crippen LogP contribution in [-0.2, 0) is 0 Å². The number of halogens is 1. The number of anilines is 1. The van der Waals surface area contributed by atoms with Gasteiger partial charge in [-0.15, -0.1) is 0 Å². The molecule has 0 radical (unpaired) electrons. The van der Waals surface area contributed by atoms with Crippen LogP contribution in [0.5, 0.6) is 0 Å². The first kappa shape index (κ1) is 13.7. The molecule has 3 atom stereocenters. The number of pyridine rings is 1. The molecule has 1 aromatic rings. The summed E-state index contributed by atoms with van der Waals surface area (Å²) in [4.78, 5) is 16.5. The van der Waals surface area contributed by atoms with Gasteiger partial charge in [-0.2, -0.15) is 0 Å². The lowest BCUT2D eigenvalue weighted by Gasteiger charge is -2.22. The van der Waals surface area contributed by atoms with Gasteiger partial charge in [0.15, 0.2) is 0 Å². The maximum atomic E-state index is 12.3. The van der Waals surface area contributed by atoms with E-state index in [2.05, 4.69) is 15.6 Å². The lowest BCUT2D eigenvalue weighted by molar-refractivity contribution is 0.0922. The third-order valence-corrected chi connectivity index (χ3v) is 4.79. The standard InChI is InChI=1S/C15H20ClN3O/c1-2-17-14-12(16)7-11(8-18-14)15(20)19-13-6-9-3-4-10(13)5-9/h7-10,13H,2-6H2,1H3,(H,17,18)(H,19,20). The normalized spacial score (nSPS) is 27.6. The molecule has 2 fully saturated rings. The second-order valence-corrected chi connectivity index (χ2v) is 6.25. The summed E-state index contributed by atoms with van der Waals surface area (Å²) in [6, 6.07) is 2.03. The smallest absolute Gasteiger partial charge is 0.253 e. The average Bonchev–Trinajstić information content (AvgIpc) is 3.03. The van der Waals surface area contributed by atoms with Crippen molar-refractivity contribution in [2.45, 2.75) is 38.6 Å². The zero-order valence-electron chi connectivity index (χ0n) is 11.7. The Morgan fingerprint density at radius 3 is 2.90 bits per heavy atom. The number of amides is 1. The van der Waals surface area contributed by atoms with Crippen molar-refractivity contribution in [3.8, 4) is 0 Å². The lowest BCUT2D eigenvalue weighted by Crippen LogP contribution is -2.38. The topological polar surface area (TPSA) is 54.0 Å². The number of carbonyl (C=O) groups is 1. The molecule has 5 heteroatoms. The zero-order chi connectivity index (χ0) is 14.1. The largest absolute Gasteiger partial charge is 0.369 e. The van der Waals surface area contributed by atoms with E-state index in [-0.39, 0.29) is 5.91 Å². The van der Waals surface area contributed by atoms with Crippen LogP contribution in [0.3, 0.4) is 0 Å². The highest BCUT2D eigenvalue weighted by Crippen LogP contribution is 2.44. The molecule has 4 nitrogen and oxygen atoms in total. The fourth-order valence-electron chi connectivity index (χ4n) is 3.53. The number of hydrogen-bond donors (Lipinski definition) is 2. The summed E-state index contributed by atoms with van der Waals surface area (Å²) in [5.74, 6) is 2.07. The number of aromatic nitrogens is 1. The van der Waals surface area contributed by atoms with E-state index in [1.54, 1.807) is 12.3 Å². The number of carbonyl (C=O) groups excluding carboxylic acids is 1. The van der Waals surface area contributed by atoms with Gasteiger partial charge in [-0.3, -0.25) is 4.79 Å². The van der Waals surface area contributed by atoms with Crippen LogP contribution < -0.4 is 10.6 Å². The van der Waals surface area contributed by atoms with E-state index >= 15 is 0 Å². The number of fused-ring (bicyclic) bond motifs is 2. The summed E-state index contributed by atoms with van der Waals surface area (Å²) < 4.78 is 0. The van der Waals surface area contributed by atoms with Crippen molar-refractivity contribution >= 4 is 23.3 Å². The van der Waals surface area contributed by atoms with E-state index in [9.17, 15) is 4.79 Å². The summed E-state index contributed by atoms with van der Waals surface area (Å²) in [6.07, 6.45) is 6.60. The predicted octanol–water partition coefficient (Wildman–Crippen LogP) is 3.09. The summed E-state index contributed by atoms with van der Waals surface area (Å²) >= 11 is 6.13. The molecule has 2 saturated carbocycles. The van der Waals surface area contributed by atoms with Crippen LogP contribution in [0, 0.1) is 11.8 Å². The molecule has 20 heavy (non-hydrogen) atoms. The fourth-order valence-corrected chi connectivity index (χ4v) is 3.77. The highest BCUT2D eigenvalue weighted by atomic mass is 35.5. The van der Waals surface area contributed by atoms with E-state index in [1.807, 2.05) is 6.92 Å². The maximum Gasteiger partial charge on any atom is 0.253 e. The molecule has 1 amide bonds. The molecular weight excluding hydrogens is 274 g/mol. The van der Waals surface area contributed by atoms with Gasteiger partial charge in [-0.1, -0.05) is 18.0 Å². The molecule has 0 spiro atoms. The lowest BCUT2D eigenvalue weighted by atomic mass is 9.95. The van der Waals surface area contributed by atoms with Gasteiger partial charge in [0.25, 0.3) is 5.91 Å². The van der Waals surface area contributed by atoms with Crippen LogP contribution in [0.4, 0.5) is 5.82 Å². The summed E-state index contributed by atoms with van der Waals surface area (Å²) in [6.45, 7) is 2.73. The van der Waals surface area contributed by atoms with Crippen LogP contribution in [-0.4, -0.2) is 23.5 Å². The zero-order valence-corrected chi connectivity index (χ0v) is 12.4. The monoisotopic (exact) mass is 293 g/mol. The van der Waals surface area contributed by atoms with E-state index in [4.69, 9.17) is 11.6 Å². The Balaban J connectivity index is 1.66. The SMILES string of the molecule is CCNc1ncc(C(=O)NC2CC3CCC2C3)cc1Cl. The van der Waals surface area contributed by atoms with Gasteiger partial charge >= 0.3 is 0 Å². The minimum atomic E-state index is -0.0556. The Kier molecular flexibility index (Phi) is 3.83. The van der Waals surface area contributed by atoms with Crippen LogP contribution in [0.25, 0.3) is 0 Å². The second kappa shape index (κ2) is 5.60. The number of nitrogens with one attached hydrogen (secondary N) is 2. The molecular formula is C15H20ClN3O. The van der Waals surface area contributed by atoms with Crippen LogP contribution >= 0.6 is 11.6 Å². The Morgan fingerprint density at radius 1 is 1.45 bits per heavy atom. The second-order valence-electron chi connectivity index (χ2n) is 5.84. The van der Waals surface area contributed by atoms with Gasteiger partial charge in [-0.05, 0) is 44.1 Å². The van der Waals surface area contributed by atoms with Gasteiger partial charge < -0.3 is 10.6 Å². The minimum Gasteiger partial charge on any atom is -0.369 e. The van der Waals surface area contributed by atoms with Crippen molar-refractivity contribution < 1.29 is 4.79 Å². The Labute approximate surface area is 124 Å². The summed E-state index contributed by atoms with van der Waals surface area (Å²) in [7, 11) is 0. The van der Waals surface area contributed by atoms with Gasteiger partial charge in [-0.25, -0.2) is 4.98 Å². The third-order valence-electron chi connectivity index (χ3n) is 4.50. The van der Waals surface area contributed by atoms with Gasteiger partial charge in [0, 0.05) is 18.8 Å². The van der Waals surface area contributed by atoms with Crippen molar-refractivity contribution in [2.24, 2.45) is 11.8 Å². The first-order valence-electron chi connectivity index (χ1n) is 7.37. The van der Waals surface area contributed by atoms with Crippen LogP contribution in [0.15, 0.2) is 12.3 Å². The quantitative estimate of drug-likeness (QED) is 0.897. The van der Waals surface area contributed by atoms with Crippen LogP contribution in [0.2, 0.25) is 5.02 Å². The van der Waals surface area contributed by atoms with Crippen molar-refractivity contribution in [3.63, 3.8) is 0 Å². The molecule has 1 heterocycles. The first-order chi connectivity index (χ1) is 9.67. The average molecular weight is 294 g/mol. The summed E-state index contributed by atoms with van der Waals surface area (Å²) in [5.41, 5.74) is 0.541. The highest BCUT2D eigenvalue weighted by Gasteiger charge is 2.40. The Hall–Kier alpha value is -1.29. The molecule has 0 aliphatic heterocycles. The van der Waals surface area contributed by atoms with Crippen molar-refractivity contribution in [1.29, 1.82) is 0 Å². The molecule has 3 unspecified atom stereocenters. The molecule has 0 aromatic carbocycles. The molecule has 108 valence electrons. The molecule has 1 aromatic heterocycles. The predicted molar refractivity (Wildman–Crippen MR) is 80.1 cm³/mol. The van der Waals surface area contributed by atoms with Crippen molar-refractivity contribution in [1.82, 2.24) is 10.3 Å². The molecule has 2 aliphatic rings. The number of nitrogens with zero attached hydrogens (tertiary/aromatic N) is 1. The number of rotatable bonds is 4. The highest BCUT2D eigenvalue weighted by molar-refractivity contribution is 6.33. The molecule has 3 rings (SSSR count). The Morgan fingerprint density at radius 2 is 2.30 bits per heavy atom. The van der Waals surface area contributed by atoms with E-state index < -0.39 is 0 Å². The fraction of sp³-hybridized carbons (Fsp3) is 0.600. The van der Waals surface area contributed by atoms with Crippen LogP contribution in [0.1, 0.15) is 43.0 Å². The van der Waals surface area contributed by atoms with E-state index in [0.717, 1.165) is 18.9 Å². The molecule has 2 bridgehead atoms. The third kappa shape index (κ3) is 2.62.